The van der Waals surface area contributed by atoms with Gasteiger partial charge >= 0.3 is 0 Å². The molecule has 2 rings (SSSR count). The quantitative estimate of drug-likeness (QED) is 0.861. The summed E-state index contributed by atoms with van der Waals surface area (Å²) < 4.78 is 27.6. The molecule has 2 N–H and O–H groups in total. The Balaban J connectivity index is 2.32. The zero-order valence-electron chi connectivity index (χ0n) is 12.1. The third-order valence-corrected chi connectivity index (χ3v) is 4.41. The smallest absolute Gasteiger partial charge is 0.262 e. The van der Waals surface area contributed by atoms with Gasteiger partial charge in [-0.05, 0) is 31.0 Å². The Morgan fingerprint density at radius 3 is 2.62 bits per heavy atom. The predicted octanol–water partition coefficient (Wildman–Crippen LogP) is 2.88. The van der Waals surface area contributed by atoms with Crippen molar-refractivity contribution in [1.29, 1.82) is 0 Å². The van der Waals surface area contributed by atoms with Gasteiger partial charge in [-0.3, -0.25) is 4.72 Å². The lowest BCUT2D eigenvalue weighted by molar-refractivity contribution is 0.601. The van der Waals surface area contributed by atoms with Crippen molar-refractivity contribution in [3.05, 3.63) is 48.2 Å². The molecule has 1 aromatic heterocycles. The summed E-state index contributed by atoms with van der Waals surface area (Å²) in [5.41, 5.74) is 1.57. The van der Waals surface area contributed by atoms with Crippen LogP contribution in [0.1, 0.15) is 19.4 Å². The van der Waals surface area contributed by atoms with Crippen molar-refractivity contribution < 1.29 is 8.42 Å². The van der Waals surface area contributed by atoms with Crippen LogP contribution in [0.2, 0.25) is 0 Å². The molecule has 0 saturated heterocycles. The number of nitrogens with zero attached hydrogens (tertiary/aromatic N) is 1. The number of hydrogen-bond acceptors (Lipinski definition) is 4. The molecule has 0 amide bonds. The molecule has 0 radical (unpaired) electrons. The molecule has 0 fully saturated rings. The first-order chi connectivity index (χ1) is 10.1. The SMILES string of the molecule is CCNc1cc(S(=O)(=O)Nc2ccccc2CC)ccn1. The number of para-hydroxylation sites is 1. The average Bonchev–Trinajstić information content (AvgIpc) is 2.48. The molecule has 6 heteroatoms. The summed E-state index contributed by atoms with van der Waals surface area (Å²) in [7, 11) is -3.62. The Kier molecular flexibility index (Phi) is 4.80. The van der Waals surface area contributed by atoms with Gasteiger partial charge in [-0.1, -0.05) is 25.1 Å². The topological polar surface area (TPSA) is 71.1 Å². The molecule has 0 aliphatic rings. The van der Waals surface area contributed by atoms with Crippen molar-refractivity contribution in [2.75, 3.05) is 16.6 Å². The standard InChI is InChI=1S/C15H19N3O2S/c1-3-12-7-5-6-8-14(12)18-21(19,20)13-9-10-17-15(11-13)16-4-2/h5-11,18H,3-4H2,1-2H3,(H,16,17). The summed E-state index contributed by atoms with van der Waals surface area (Å²) in [5.74, 6) is 0.546. The molecule has 0 spiro atoms. The minimum absolute atomic E-state index is 0.194. The van der Waals surface area contributed by atoms with Crippen LogP contribution >= 0.6 is 0 Å². The van der Waals surface area contributed by atoms with Crippen LogP contribution in [0.4, 0.5) is 11.5 Å². The Hall–Kier alpha value is -2.08. The van der Waals surface area contributed by atoms with Crippen molar-refractivity contribution in [2.24, 2.45) is 0 Å². The van der Waals surface area contributed by atoms with Crippen LogP contribution in [0.15, 0.2) is 47.5 Å². The Labute approximate surface area is 125 Å². The van der Waals surface area contributed by atoms with Crippen LogP contribution in [-0.4, -0.2) is 19.9 Å². The number of aromatic nitrogens is 1. The lowest BCUT2D eigenvalue weighted by Gasteiger charge is -2.12. The molecule has 112 valence electrons. The first kappa shape index (κ1) is 15.3. The minimum Gasteiger partial charge on any atom is -0.370 e. The molecule has 21 heavy (non-hydrogen) atoms. The maximum absolute atomic E-state index is 12.5. The summed E-state index contributed by atoms with van der Waals surface area (Å²) >= 11 is 0. The molecule has 5 nitrogen and oxygen atoms in total. The van der Waals surface area contributed by atoms with Crippen LogP contribution in [0.5, 0.6) is 0 Å². The first-order valence-corrected chi connectivity index (χ1v) is 8.35. The second-order valence-electron chi connectivity index (χ2n) is 4.52. The van der Waals surface area contributed by atoms with Crippen LogP contribution in [0.3, 0.4) is 0 Å². The molecule has 1 aromatic carbocycles. The van der Waals surface area contributed by atoms with E-state index < -0.39 is 10.0 Å². The van der Waals surface area contributed by atoms with Crippen molar-refractivity contribution in [1.82, 2.24) is 4.98 Å². The van der Waals surface area contributed by atoms with Gasteiger partial charge in [0, 0.05) is 18.8 Å². The Bertz CT molecular complexity index is 714. The molecule has 1 heterocycles. The van der Waals surface area contributed by atoms with E-state index in [4.69, 9.17) is 0 Å². The predicted molar refractivity (Wildman–Crippen MR) is 85.0 cm³/mol. The fourth-order valence-corrected chi connectivity index (χ4v) is 3.10. The second kappa shape index (κ2) is 6.58. The van der Waals surface area contributed by atoms with E-state index in [1.54, 1.807) is 6.07 Å². The summed E-state index contributed by atoms with van der Waals surface area (Å²) in [5, 5.41) is 3.00. The van der Waals surface area contributed by atoms with Gasteiger partial charge in [-0.2, -0.15) is 0 Å². The summed E-state index contributed by atoms with van der Waals surface area (Å²) in [6.45, 7) is 4.60. The fourth-order valence-electron chi connectivity index (χ4n) is 1.99. The number of anilines is 2. The third-order valence-electron chi connectivity index (χ3n) is 3.04. The molecule has 0 aliphatic heterocycles. The molecule has 0 bridgehead atoms. The maximum Gasteiger partial charge on any atom is 0.262 e. The summed E-state index contributed by atoms with van der Waals surface area (Å²) in [6.07, 6.45) is 2.25. The highest BCUT2D eigenvalue weighted by molar-refractivity contribution is 7.92. The molecular weight excluding hydrogens is 286 g/mol. The largest absolute Gasteiger partial charge is 0.370 e. The average molecular weight is 305 g/mol. The molecule has 2 aromatic rings. The van der Waals surface area contributed by atoms with Crippen LogP contribution in [-0.2, 0) is 16.4 Å². The van der Waals surface area contributed by atoms with Crippen molar-refractivity contribution in [3.8, 4) is 0 Å². The number of aryl methyl sites for hydroxylation is 1. The highest BCUT2D eigenvalue weighted by atomic mass is 32.2. The van der Waals surface area contributed by atoms with Gasteiger partial charge in [0.25, 0.3) is 10.0 Å². The lowest BCUT2D eigenvalue weighted by Crippen LogP contribution is -2.14. The maximum atomic E-state index is 12.5. The van der Waals surface area contributed by atoms with Crippen molar-refractivity contribution in [2.45, 2.75) is 25.2 Å². The minimum atomic E-state index is -3.62. The number of sulfonamides is 1. The normalized spacial score (nSPS) is 11.1. The summed E-state index contributed by atoms with van der Waals surface area (Å²) in [4.78, 5) is 4.27. The second-order valence-corrected chi connectivity index (χ2v) is 6.21. The van der Waals surface area contributed by atoms with E-state index >= 15 is 0 Å². The first-order valence-electron chi connectivity index (χ1n) is 6.87. The number of pyridine rings is 1. The number of nitrogens with one attached hydrogen (secondary N) is 2. The van der Waals surface area contributed by atoms with E-state index in [2.05, 4.69) is 15.0 Å². The molecule has 0 atom stereocenters. The Morgan fingerprint density at radius 2 is 1.90 bits per heavy atom. The van der Waals surface area contributed by atoms with Crippen molar-refractivity contribution in [3.63, 3.8) is 0 Å². The van der Waals surface area contributed by atoms with Gasteiger partial charge in [0.05, 0.1) is 10.6 Å². The fraction of sp³-hybridized carbons (Fsp3) is 0.267. The molecular formula is C15H19N3O2S. The van der Waals surface area contributed by atoms with Gasteiger partial charge in [-0.25, -0.2) is 13.4 Å². The van der Waals surface area contributed by atoms with E-state index in [-0.39, 0.29) is 4.90 Å². The molecule has 0 unspecified atom stereocenters. The van der Waals surface area contributed by atoms with Gasteiger partial charge in [-0.15, -0.1) is 0 Å². The highest BCUT2D eigenvalue weighted by Gasteiger charge is 2.16. The van der Waals surface area contributed by atoms with Gasteiger partial charge < -0.3 is 5.32 Å². The van der Waals surface area contributed by atoms with E-state index in [0.717, 1.165) is 12.0 Å². The van der Waals surface area contributed by atoms with Crippen LogP contribution in [0.25, 0.3) is 0 Å². The monoisotopic (exact) mass is 305 g/mol. The molecule has 0 saturated carbocycles. The van der Waals surface area contributed by atoms with Gasteiger partial charge in [0.1, 0.15) is 5.82 Å². The Morgan fingerprint density at radius 1 is 1.14 bits per heavy atom. The zero-order valence-corrected chi connectivity index (χ0v) is 12.9. The highest BCUT2D eigenvalue weighted by Crippen LogP contribution is 2.21. The van der Waals surface area contributed by atoms with Crippen molar-refractivity contribution >= 4 is 21.5 Å². The number of hydrogen-bond donors (Lipinski definition) is 2. The van der Waals surface area contributed by atoms with E-state index in [9.17, 15) is 8.42 Å². The lowest BCUT2D eigenvalue weighted by atomic mass is 10.1. The van der Waals surface area contributed by atoms with Crippen LogP contribution in [0, 0.1) is 0 Å². The van der Waals surface area contributed by atoms with Gasteiger partial charge in [0.2, 0.25) is 0 Å². The number of rotatable bonds is 6. The zero-order chi connectivity index (χ0) is 15.3. The third kappa shape index (κ3) is 3.72. The van der Waals surface area contributed by atoms with Crippen LogP contribution < -0.4 is 10.0 Å². The van der Waals surface area contributed by atoms with E-state index in [0.29, 0.717) is 18.1 Å². The van der Waals surface area contributed by atoms with E-state index in [1.165, 1.54) is 18.3 Å². The summed E-state index contributed by atoms with van der Waals surface area (Å²) in [6, 6.07) is 10.4. The van der Waals surface area contributed by atoms with E-state index in [1.807, 2.05) is 32.0 Å². The molecule has 0 aliphatic carbocycles. The number of benzene rings is 1. The van der Waals surface area contributed by atoms with Gasteiger partial charge in [0.15, 0.2) is 0 Å².